The molecule has 0 aliphatic heterocycles. The molecule has 0 spiro atoms. The summed E-state index contributed by atoms with van der Waals surface area (Å²) < 4.78 is 0. The maximum Gasteiger partial charge on any atom is 0.0354 e. The van der Waals surface area contributed by atoms with Crippen molar-refractivity contribution in [3.8, 4) is 0 Å². The molecule has 19 heavy (non-hydrogen) atoms. The zero-order chi connectivity index (χ0) is 13.2. The van der Waals surface area contributed by atoms with Gasteiger partial charge >= 0.3 is 0 Å². The Balaban J connectivity index is 2.06. The molecule has 1 saturated carbocycles. The molecule has 0 radical (unpaired) electrons. The summed E-state index contributed by atoms with van der Waals surface area (Å²) in [6, 6.07) is 15.9. The summed E-state index contributed by atoms with van der Waals surface area (Å²) in [6.07, 6.45) is 4.12. The Morgan fingerprint density at radius 2 is 1.84 bits per heavy atom. The first-order chi connectivity index (χ1) is 9.31. The molecule has 1 aliphatic carbocycles. The van der Waals surface area contributed by atoms with Gasteiger partial charge in [-0.05, 0) is 41.6 Å². The first kappa shape index (κ1) is 12.7. The lowest BCUT2D eigenvalue weighted by molar-refractivity contribution is 0.317. The summed E-state index contributed by atoms with van der Waals surface area (Å²) in [5.74, 6) is 1.60. The van der Waals surface area contributed by atoms with Gasteiger partial charge in [0.1, 0.15) is 0 Å². The predicted molar refractivity (Wildman–Crippen MR) is 82.3 cm³/mol. The van der Waals surface area contributed by atoms with E-state index >= 15 is 0 Å². The third-order valence-electron chi connectivity index (χ3n) is 4.83. The highest BCUT2D eigenvalue weighted by Crippen LogP contribution is 2.41. The molecule has 3 rings (SSSR count). The van der Waals surface area contributed by atoms with Gasteiger partial charge in [-0.3, -0.25) is 0 Å². The van der Waals surface area contributed by atoms with Crippen molar-refractivity contribution in [3.63, 3.8) is 0 Å². The average Bonchev–Trinajstić information content (AvgIpc) is 2.86. The molecule has 2 aromatic carbocycles. The second-order valence-electron chi connectivity index (χ2n) is 5.91. The van der Waals surface area contributed by atoms with Crippen molar-refractivity contribution in [2.45, 2.75) is 32.2 Å². The highest BCUT2D eigenvalue weighted by molar-refractivity contribution is 5.86. The Morgan fingerprint density at radius 3 is 2.58 bits per heavy atom. The van der Waals surface area contributed by atoms with Gasteiger partial charge in [0.05, 0.1) is 0 Å². The number of fused-ring (bicyclic) bond motifs is 1. The zero-order valence-corrected chi connectivity index (χ0v) is 11.9. The van der Waals surface area contributed by atoms with Crippen LogP contribution < -0.4 is 5.32 Å². The van der Waals surface area contributed by atoms with Crippen LogP contribution in [0.4, 0.5) is 0 Å². The SMILES string of the molecule is CNC(c1cccc2ccccc12)C1CCCC1C. The summed E-state index contributed by atoms with van der Waals surface area (Å²) in [4.78, 5) is 0. The van der Waals surface area contributed by atoms with Crippen molar-refractivity contribution in [3.05, 3.63) is 48.0 Å². The van der Waals surface area contributed by atoms with Crippen LogP contribution in [0, 0.1) is 11.8 Å². The van der Waals surface area contributed by atoms with E-state index in [1.807, 2.05) is 0 Å². The van der Waals surface area contributed by atoms with E-state index in [0.29, 0.717) is 6.04 Å². The monoisotopic (exact) mass is 253 g/mol. The molecular formula is C18H23N. The molecule has 1 aliphatic rings. The van der Waals surface area contributed by atoms with E-state index in [9.17, 15) is 0 Å². The van der Waals surface area contributed by atoms with Gasteiger partial charge in [-0.1, -0.05) is 62.2 Å². The third kappa shape index (κ3) is 2.28. The number of benzene rings is 2. The molecule has 1 fully saturated rings. The van der Waals surface area contributed by atoms with Crippen LogP contribution in [0.5, 0.6) is 0 Å². The first-order valence-corrected chi connectivity index (χ1v) is 7.46. The second kappa shape index (κ2) is 5.34. The zero-order valence-electron chi connectivity index (χ0n) is 11.9. The molecule has 0 heterocycles. The number of hydrogen-bond donors (Lipinski definition) is 1. The highest BCUT2D eigenvalue weighted by atomic mass is 14.9. The fourth-order valence-electron chi connectivity index (χ4n) is 3.79. The molecule has 0 saturated heterocycles. The maximum atomic E-state index is 3.58. The molecule has 0 amide bonds. The van der Waals surface area contributed by atoms with Gasteiger partial charge in [-0.2, -0.15) is 0 Å². The van der Waals surface area contributed by atoms with E-state index in [1.54, 1.807) is 0 Å². The van der Waals surface area contributed by atoms with Gasteiger partial charge in [0.25, 0.3) is 0 Å². The molecule has 100 valence electrons. The predicted octanol–water partition coefficient (Wildman–Crippen LogP) is 4.54. The van der Waals surface area contributed by atoms with E-state index in [4.69, 9.17) is 0 Å². The number of rotatable bonds is 3. The summed E-state index contributed by atoms with van der Waals surface area (Å²) in [5.41, 5.74) is 1.47. The fourth-order valence-corrected chi connectivity index (χ4v) is 3.79. The lowest BCUT2D eigenvalue weighted by Crippen LogP contribution is -2.27. The van der Waals surface area contributed by atoms with Crippen molar-refractivity contribution < 1.29 is 0 Å². The van der Waals surface area contributed by atoms with Crippen molar-refractivity contribution in [1.82, 2.24) is 5.32 Å². The van der Waals surface area contributed by atoms with E-state index in [2.05, 4.69) is 61.8 Å². The molecule has 1 nitrogen and oxygen atoms in total. The average molecular weight is 253 g/mol. The third-order valence-corrected chi connectivity index (χ3v) is 4.83. The smallest absolute Gasteiger partial charge is 0.0354 e. The van der Waals surface area contributed by atoms with E-state index < -0.39 is 0 Å². The molecule has 2 aromatic rings. The minimum absolute atomic E-state index is 0.489. The molecule has 1 heteroatoms. The summed E-state index contributed by atoms with van der Waals surface area (Å²) in [6.45, 7) is 2.41. The number of nitrogens with one attached hydrogen (secondary N) is 1. The van der Waals surface area contributed by atoms with Crippen LogP contribution in [0.25, 0.3) is 10.8 Å². The quantitative estimate of drug-likeness (QED) is 0.847. The Kier molecular flexibility index (Phi) is 3.56. The van der Waals surface area contributed by atoms with E-state index in [0.717, 1.165) is 11.8 Å². The summed E-state index contributed by atoms with van der Waals surface area (Å²) in [5, 5.41) is 6.34. The van der Waals surface area contributed by atoms with Gasteiger partial charge in [-0.25, -0.2) is 0 Å². The van der Waals surface area contributed by atoms with Crippen molar-refractivity contribution in [1.29, 1.82) is 0 Å². The largest absolute Gasteiger partial charge is 0.313 e. The Labute approximate surface area is 116 Å². The van der Waals surface area contributed by atoms with E-state index in [1.165, 1.54) is 35.6 Å². The molecule has 1 N–H and O–H groups in total. The number of hydrogen-bond acceptors (Lipinski definition) is 1. The minimum atomic E-state index is 0.489. The second-order valence-corrected chi connectivity index (χ2v) is 5.91. The van der Waals surface area contributed by atoms with Gasteiger partial charge in [0.15, 0.2) is 0 Å². The standard InChI is InChI=1S/C18H23N/c1-13-7-5-11-15(13)18(19-2)17-12-6-9-14-8-3-4-10-16(14)17/h3-4,6,8-10,12-13,15,18-19H,5,7,11H2,1-2H3. The highest BCUT2D eigenvalue weighted by Gasteiger charge is 2.31. The molecule has 0 bridgehead atoms. The topological polar surface area (TPSA) is 12.0 Å². The fraction of sp³-hybridized carbons (Fsp3) is 0.444. The van der Waals surface area contributed by atoms with E-state index in [-0.39, 0.29) is 0 Å². The van der Waals surface area contributed by atoms with Crippen LogP contribution in [0.3, 0.4) is 0 Å². The summed E-state index contributed by atoms with van der Waals surface area (Å²) >= 11 is 0. The van der Waals surface area contributed by atoms with Gasteiger partial charge in [0.2, 0.25) is 0 Å². The van der Waals surface area contributed by atoms with Crippen LogP contribution in [0.1, 0.15) is 37.8 Å². The van der Waals surface area contributed by atoms with Crippen molar-refractivity contribution in [2.24, 2.45) is 11.8 Å². The Hall–Kier alpha value is -1.34. The van der Waals surface area contributed by atoms with Crippen molar-refractivity contribution in [2.75, 3.05) is 7.05 Å². The molecule has 3 unspecified atom stereocenters. The van der Waals surface area contributed by atoms with Crippen molar-refractivity contribution >= 4 is 10.8 Å². The van der Waals surface area contributed by atoms with Crippen LogP contribution >= 0.6 is 0 Å². The first-order valence-electron chi connectivity index (χ1n) is 7.46. The van der Waals surface area contributed by atoms with Crippen LogP contribution in [0.15, 0.2) is 42.5 Å². The van der Waals surface area contributed by atoms with Crippen LogP contribution in [0.2, 0.25) is 0 Å². The summed E-state index contributed by atoms with van der Waals surface area (Å²) in [7, 11) is 2.11. The molecule has 0 aromatic heterocycles. The normalized spacial score (nSPS) is 24.7. The van der Waals surface area contributed by atoms with Crippen LogP contribution in [-0.2, 0) is 0 Å². The van der Waals surface area contributed by atoms with Crippen LogP contribution in [-0.4, -0.2) is 7.05 Å². The molecular weight excluding hydrogens is 230 g/mol. The Bertz CT molecular complexity index is 555. The maximum absolute atomic E-state index is 3.58. The van der Waals surface area contributed by atoms with Gasteiger partial charge < -0.3 is 5.32 Å². The molecule has 3 atom stereocenters. The lowest BCUT2D eigenvalue weighted by atomic mass is 9.84. The minimum Gasteiger partial charge on any atom is -0.313 e. The van der Waals surface area contributed by atoms with Gasteiger partial charge in [0, 0.05) is 6.04 Å². The Morgan fingerprint density at radius 1 is 1.05 bits per heavy atom. The lowest BCUT2D eigenvalue weighted by Gasteiger charge is -2.28. The van der Waals surface area contributed by atoms with Gasteiger partial charge in [-0.15, -0.1) is 0 Å².